The van der Waals surface area contributed by atoms with E-state index in [0.717, 1.165) is 19.8 Å². The molecule has 0 aliphatic carbocycles. The van der Waals surface area contributed by atoms with E-state index >= 15 is 0 Å². The summed E-state index contributed by atoms with van der Waals surface area (Å²) < 4.78 is 0. The van der Waals surface area contributed by atoms with Crippen molar-refractivity contribution in [2.24, 2.45) is 5.73 Å². The Labute approximate surface area is 70.1 Å². The lowest BCUT2D eigenvalue weighted by Crippen LogP contribution is -2.40. The lowest BCUT2D eigenvalue weighted by molar-refractivity contribution is 0.269. The van der Waals surface area contributed by atoms with Crippen LogP contribution in [0.4, 0.5) is 0 Å². The zero-order valence-corrected chi connectivity index (χ0v) is 6.85. The molecular weight excluding hydrogens is 140 g/mol. The van der Waals surface area contributed by atoms with E-state index in [1.165, 1.54) is 0 Å². The topological polar surface area (TPSA) is 53.3 Å². The van der Waals surface area contributed by atoms with Gasteiger partial charge in [0, 0.05) is 26.4 Å². The summed E-state index contributed by atoms with van der Waals surface area (Å²) in [6.45, 7) is 3.45. The van der Waals surface area contributed by atoms with Gasteiger partial charge in [0.05, 0.1) is 0 Å². The number of nitrogens with two attached hydrogens (primary N) is 1. The summed E-state index contributed by atoms with van der Waals surface area (Å²) in [5.74, 6) is 0. The lowest BCUT2D eigenvalue weighted by atomic mass is 10.5. The third kappa shape index (κ3) is 7.74. The Hall–Kier alpha value is -0.160. The highest BCUT2D eigenvalue weighted by atomic mass is 15.2. The van der Waals surface area contributed by atoms with Crippen LogP contribution in [0.1, 0.15) is 7.43 Å². The number of hydrogen-bond acceptors (Lipinski definition) is 4. The van der Waals surface area contributed by atoms with E-state index in [1.54, 1.807) is 0 Å². The fourth-order valence-corrected chi connectivity index (χ4v) is 0.728. The van der Waals surface area contributed by atoms with E-state index in [0.29, 0.717) is 6.67 Å². The molecule has 4 heteroatoms. The van der Waals surface area contributed by atoms with Crippen LogP contribution >= 0.6 is 0 Å². The minimum Gasteiger partial charge on any atom is -0.318 e. The van der Waals surface area contributed by atoms with Crippen molar-refractivity contribution >= 4 is 0 Å². The van der Waals surface area contributed by atoms with Crippen LogP contribution in [0.5, 0.6) is 0 Å². The smallest absolute Gasteiger partial charge is 0.0490 e. The van der Waals surface area contributed by atoms with E-state index < -0.39 is 0 Å². The highest BCUT2D eigenvalue weighted by Crippen LogP contribution is 1.77. The SMILES string of the molecule is C.CNCCN(CN)CNC. The van der Waals surface area contributed by atoms with Gasteiger partial charge in [-0.3, -0.25) is 4.90 Å². The zero-order chi connectivity index (χ0) is 7.82. The predicted molar refractivity (Wildman–Crippen MR) is 50.3 cm³/mol. The van der Waals surface area contributed by atoms with Crippen LogP contribution < -0.4 is 16.4 Å². The molecule has 0 aliphatic heterocycles. The number of nitrogens with zero attached hydrogens (tertiary/aromatic N) is 1. The summed E-state index contributed by atoms with van der Waals surface area (Å²) in [7, 11) is 3.86. The van der Waals surface area contributed by atoms with Crippen molar-refractivity contribution in [3.63, 3.8) is 0 Å². The van der Waals surface area contributed by atoms with Crippen LogP contribution in [0.2, 0.25) is 0 Å². The van der Waals surface area contributed by atoms with E-state index in [-0.39, 0.29) is 7.43 Å². The van der Waals surface area contributed by atoms with Crippen LogP contribution in [0, 0.1) is 0 Å². The fourth-order valence-electron chi connectivity index (χ4n) is 0.728. The Morgan fingerprint density at radius 2 is 1.91 bits per heavy atom. The molecule has 0 aromatic heterocycles. The van der Waals surface area contributed by atoms with Gasteiger partial charge in [0.1, 0.15) is 0 Å². The molecule has 0 rings (SSSR count). The second-order valence-electron chi connectivity index (χ2n) is 2.19. The summed E-state index contributed by atoms with van der Waals surface area (Å²) in [5.41, 5.74) is 5.46. The van der Waals surface area contributed by atoms with Gasteiger partial charge in [-0.1, -0.05) is 7.43 Å². The van der Waals surface area contributed by atoms with Crippen LogP contribution in [-0.2, 0) is 0 Å². The fraction of sp³-hybridized carbons (Fsp3) is 1.00. The van der Waals surface area contributed by atoms with Crippen molar-refractivity contribution in [2.75, 3.05) is 40.5 Å². The molecule has 0 radical (unpaired) electrons. The number of nitrogens with one attached hydrogen (secondary N) is 2. The first-order valence-corrected chi connectivity index (χ1v) is 3.56. The van der Waals surface area contributed by atoms with Crippen LogP contribution in [0.3, 0.4) is 0 Å². The second-order valence-corrected chi connectivity index (χ2v) is 2.19. The lowest BCUT2D eigenvalue weighted by Gasteiger charge is -2.18. The van der Waals surface area contributed by atoms with Crippen molar-refractivity contribution in [3.05, 3.63) is 0 Å². The average molecular weight is 162 g/mol. The molecule has 0 aromatic carbocycles. The maximum Gasteiger partial charge on any atom is 0.0490 e. The Balaban J connectivity index is 0. The highest BCUT2D eigenvalue weighted by Gasteiger charge is 1.97. The monoisotopic (exact) mass is 162 g/mol. The molecule has 0 amide bonds. The number of hydrogen-bond donors (Lipinski definition) is 3. The normalized spacial score (nSPS) is 9.82. The molecule has 0 aliphatic rings. The maximum atomic E-state index is 5.46. The summed E-state index contributed by atoms with van der Waals surface area (Å²) in [6.07, 6.45) is 0. The first kappa shape index (κ1) is 13.4. The predicted octanol–water partition coefficient (Wildman–Crippen LogP) is -0.763. The first-order valence-electron chi connectivity index (χ1n) is 3.56. The van der Waals surface area contributed by atoms with E-state index in [2.05, 4.69) is 15.5 Å². The molecular formula is C7H22N4. The van der Waals surface area contributed by atoms with Gasteiger partial charge in [-0.05, 0) is 14.1 Å². The van der Waals surface area contributed by atoms with Crippen LogP contribution in [-0.4, -0.2) is 45.4 Å². The molecule has 11 heavy (non-hydrogen) atoms. The molecule has 0 aromatic rings. The van der Waals surface area contributed by atoms with E-state index in [1.807, 2.05) is 14.1 Å². The van der Waals surface area contributed by atoms with Gasteiger partial charge in [0.15, 0.2) is 0 Å². The van der Waals surface area contributed by atoms with E-state index in [9.17, 15) is 0 Å². The summed E-state index contributed by atoms with van der Waals surface area (Å²) in [5, 5.41) is 6.11. The van der Waals surface area contributed by atoms with Gasteiger partial charge in [0.2, 0.25) is 0 Å². The number of likely N-dealkylation sites (N-methyl/N-ethyl adjacent to an activating group) is 1. The molecule has 0 heterocycles. The third-order valence-electron chi connectivity index (χ3n) is 1.32. The molecule has 0 saturated heterocycles. The van der Waals surface area contributed by atoms with Gasteiger partial charge in [-0.25, -0.2) is 0 Å². The molecule has 0 unspecified atom stereocenters. The first-order chi connectivity index (χ1) is 4.85. The molecule has 0 atom stereocenters. The minimum atomic E-state index is 0. The molecule has 70 valence electrons. The summed E-state index contributed by atoms with van der Waals surface area (Å²) in [4.78, 5) is 2.12. The summed E-state index contributed by atoms with van der Waals surface area (Å²) in [6, 6.07) is 0. The largest absolute Gasteiger partial charge is 0.318 e. The van der Waals surface area contributed by atoms with Crippen LogP contribution in [0.25, 0.3) is 0 Å². The van der Waals surface area contributed by atoms with Gasteiger partial charge < -0.3 is 16.4 Å². The molecule has 0 fully saturated rings. The third-order valence-corrected chi connectivity index (χ3v) is 1.32. The molecule has 0 saturated carbocycles. The second kappa shape index (κ2) is 9.84. The van der Waals surface area contributed by atoms with Gasteiger partial charge in [-0.2, -0.15) is 0 Å². The van der Waals surface area contributed by atoms with Crippen molar-refractivity contribution in [3.8, 4) is 0 Å². The van der Waals surface area contributed by atoms with E-state index in [4.69, 9.17) is 5.73 Å². The highest BCUT2D eigenvalue weighted by molar-refractivity contribution is 4.52. The Kier molecular flexibility index (Phi) is 12.0. The van der Waals surface area contributed by atoms with Gasteiger partial charge in [0.25, 0.3) is 0 Å². The molecule has 0 bridgehead atoms. The van der Waals surface area contributed by atoms with Crippen molar-refractivity contribution < 1.29 is 0 Å². The summed E-state index contributed by atoms with van der Waals surface area (Å²) >= 11 is 0. The van der Waals surface area contributed by atoms with Crippen LogP contribution in [0.15, 0.2) is 0 Å². The average Bonchev–Trinajstić information content (AvgIpc) is 1.98. The standard InChI is InChI=1S/C6H18N4.CH4/c1-8-3-4-10(5-7)6-9-2;/h8-9H,3-7H2,1-2H3;1H4. The van der Waals surface area contributed by atoms with Gasteiger partial charge in [-0.15, -0.1) is 0 Å². The minimum absolute atomic E-state index is 0. The zero-order valence-electron chi connectivity index (χ0n) is 6.85. The molecule has 0 spiro atoms. The Morgan fingerprint density at radius 1 is 1.27 bits per heavy atom. The number of rotatable bonds is 6. The molecule has 4 nitrogen and oxygen atoms in total. The van der Waals surface area contributed by atoms with Crippen molar-refractivity contribution in [1.29, 1.82) is 0 Å². The molecule has 4 N–H and O–H groups in total. The Bertz CT molecular complexity index is 67.5. The van der Waals surface area contributed by atoms with Crippen molar-refractivity contribution in [1.82, 2.24) is 15.5 Å². The van der Waals surface area contributed by atoms with Crippen molar-refractivity contribution in [2.45, 2.75) is 7.43 Å². The Morgan fingerprint density at radius 3 is 2.27 bits per heavy atom. The maximum absolute atomic E-state index is 5.46. The quantitative estimate of drug-likeness (QED) is 0.449. The van der Waals surface area contributed by atoms with Gasteiger partial charge >= 0.3 is 0 Å².